The largest absolute Gasteiger partial charge is 0.481 e. The molecule has 120 valence electrons. The number of carbonyl (C=O) groups is 2. The molecule has 5 nitrogen and oxygen atoms in total. The summed E-state index contributed by atoms with van der Waals surface area (Å²) in [6.07, 6.45) is 8.10. The smallest absolute Gasteiger partial charge is 0.308 e. The van der Waals surface area contributed by atoms with Crippen LogP contribution in [0, 0.1) is 5.92 Å². The molecule has 0 aromatic heterocycles. The summed E-state index contributed by atoms with van der Waals surface area (Å²) in [5.41, 5.74) is 0. The van der Waals surface area contributed by atoms with E-state index in [9.17, 15) is 9.59 Å². The van der Waals surface area contributed by atoms with E-state index < -0.39 is 18.0 Å². The second kappa shape index (κ2) is 7.78. The number of piperidine rings is 1. The monoisotopic (exact) mass is 297 g/mol. The van der Waals surface area contributed by atoms with Crippen molar-refractivity contribution in [3.05, 3.63) is 0 Å². The molecule has 0 aromatic carbocycles. The van der Waals surface area contributed by atoms with Gasteiger partial charge in [0.1, 0.15) is 6.10 Å². The molecule has 0 aromatic rings. The molecular formula is C16H27NO4. The van der Waals surface area contributed by atoms with Gasteiger partial charge in [0.05, 0.1) is 12.0 Å². The van der Waals surface area contributed by atoms with E-state index in [1.165, 1.54) is 25.7 Å². The molecule has 1 saturated heterocycles. The van der Waals surface area contributed by atoms with E-state index in [0.29, 0.717) is 19.5 Å². The molecule has 1 N–H and O–H groups in total. The lowest BCUT2D eigenvalue weighted by molar-refractivity contribution is -0.152. The lowest BCUT2D eigenvalue weighted by Gasteiger charge is -2.33. The summed E-state index contributed by atoms with van der Waals surface area (Å²) >= 11 is 0. The maximum atomic E-state index is 12.4. The van der Waals surface area contributed by atoms with Gasteiger partial charge in [-0.25, -0.2) is 0 Å². The van der Waals surface area contributed by atoms with Crippen LogP contribution in [0.3, 0.4) is 0 Å². The number of aliphatic carboxylic acids is 1. The average Bonchev–Trinajstić information content (AvgIpc) is 2.75. The zero-order valence-electron chi connectivity index (χ0n) is 12.9. The van der Waals surface area contributed by atoms with Gasteiger partial charge in [-0.1, -0.05) is 25.7 Å². The van der Waals surface area contributed by atoms with E-state index in [1.807, 2.05) is 0 Å². The molecule has 0 radical (unpaired) electrons. The Labute approximate surface area is 126 Å². The number of ether oxygens (including phenoxy) is 1. The van der Waals surface area contributed by atoms with Crippen molar-refractivity contribution in [2.45, 2.75) is 70.5 Å². The highest BCUT2D eigenvalue weighted by Crippen LogP contribution is 2.22. The molecule has 0 spiro atoms. The summed E-state index contributed by atoms with van der Waals surface area (Å²) in [6, 6.07) is 0. The maximum absolute atomic E-state index is 12.4. The topological polar surface area (TPSA) is 66.8 Å². The Morgan fingerprint density at radius 2 is 1.76 bits per heavy atom. The van der Waals surface area contributed by atoms with E-state index in [2.05, 4.69) is 0 Å². The predicted octanol–water partition coefficient (Wildman–Crippen LogP) is 2.44. The van der Waals surface area contributed by atoms with Gasteiger partial charge in [-0.3, -0.25) is 9.59 Å². The molecule has 2 aliphatic rings. The quantitative estimate of drug-likeness (QED) is 0.809. The highest BCUT2D eigenvalue weighted by molar-refractivity contribution is 5.81. The highest BCUT2D eigenvalue weighted by Gasteiger charge is 2.31. The Morgan fingerprint density at radius 1 is 1.10 bits per heavy atom. The number of carboxylic acids is 1. The van der Waals surface area contributed by atoms with Crippen LogP contribution in [0.15, 0.2) is 0 Å². The van der Waals surface area contributed by atoms with Crippen LogP contribution < -0.4 is 0 Å². The lowest BCUT2D eigenvalue weighted by atomic mass is 9.98. The van der Waals surface area contributed by atoms with Crippen molar-refractivity contribution in [2.75, 3.05) is 13.1 Å². The van der Waals surface area contributed by atoms with Crippen molar-refractivity contribution >= 4 is 11.9 Å². The summed E-state index contributed by atoms with van der Waals surface area (Å²) in [6.45, 7) is 2.78. The van der Waals surface area contributed by atoms with Crippen LogP contribution in [0.1, 0.15) is 58.3 Å². The number of hydrogen-bond acceptors (Lipinski definition) is 3. The van der Waals surface area contributed by atoms with Gasteiger partial charge in [-0.05, 0) is 32.6 Å². The van der Waals surface area contributed by atoms with E-state index in [0.717, 1.165) is 19.3 Å². The predicted molar refractivity (Wildman–Crippen MR) is 79.0 cm³/mol. The first kappa shape index (κ1) is 16.3. The number of carboxylic acid groups (broad SMARTS) is 1. The Hall–Kier alpha value is -1.10. The van der Waals surface area contributed by atoms with Crippen molar-refractivity contribution in [1.29, 1.82) is 0 Å². The molecule has 1 aliphatic carbocycles. The molecule has 2 rings (SSSR count). The molecule has 0 bridgehead atoms. The second-order valence-corrected chi connectivity index (χ2v) is 6.35. The number of likely N-dealkylation sites (tertiary alicyclic amines) is 1. The third-order valence-electron chi connectivity index (χ3n) is 4.63. The third-order valence-corrected chi connectivity index (χ3v) is 4.63. The van der Waals surface area contributed by atoms with E-state index in [-0.39, 0.29) is 12.0 Å². The molecular weight excluding hydrogens is 270 g/mol. The first-order valence-electron chi connectivity index (χ1n) is 8.25. The van der Waals surface area contributed by atoms with Gasteiger partial charge >= 0.3 is 5.97 Å². The fourth-order valence-corrected chi connectivity index (χ4v) is 3.36. The molecule has 21 heavy (non-hydrogen) atoms. The summed E-state index contributed by atoms with van der Waals surface area (Å²) in [5.74, 6) is -1.28. The van der Waals surface area contributed by atoms with E-state index >= 15 is 0 Å². The Kier molecular flexibility index (Phi) is 6.03. The number of hydrogen-bond donors (Lipinski definition) is 1. The molecule has 1 aliphatic heterocycles. The van der Waals surface area contributed by atoms with Gasteiger partial charge in [-0.15, -0.1) is 0 Å². The minimum absolute atomic E-state index is 0.0507. The van der Waals surface area contributed by atoms with Crippen LogP contribution in [0.2, 0.25) is 0 Å². The summed E-state index contributed by atoms with van der Waals surface area (Å²) in [4.78, 5) is 25.2. The standard InChI is InChI=1S/C16H27NO4/c1-12(21-14-8-4-2-3-5-9-14)15(18)17-10-6-7-13(11-17)16(19)20/h12-14H,2-11H2,1H3,(H,19,20)/t12-,13-/m1/s1. The van der Waals surface area contributed by atoms with Crippen LogP contribution in [0.5, 0.6) is 0 Å². The zero-order chi connectivity index (χ0) is 15.2. The van der Waals surface area contributed by atoms with E-state index in [4.69, 9.17) is 9.84 Å². The van der Waals surface area contributed by atoms with Crippen molar-refractivity contribution in [2.24, 2.45) is 5.92 Å². The SMILES string of the molecule is C[C@@H](OC1CCCCCC1)C(=O)N1CCC[C@@H](C(=O)O)C1. The molecule has 1 saturated carbocycles. The molecule has 0 unspecified atom stereocenters. The Balaban J connectivity index is 1.84. The van der Waals surface area contributed by atoms with Crippen molar-refractivity contribution in [1.82, 2.24) is 4.90 Å². The third kappa shape index (κ3) is 4.70. The second-order valence-electron chi connectivity index (χ2n) is 6.35. The van der Waals surface area contributed by atoms with Crippen LogP contribution in [-0.2, 0) is 14.3 Å². The van der Waals surface area contributed by atoms with Crippen LogP contribution in [-0.4, -0.2) is 47.2 Å². The minimum atomic E-state index is -0.801. The molecule has 1 heterocycles. The fourth-order valence-electron chi connectivity index (χ4n) is 3.36. The number of carbonyl (C=O) groups excluding carboxylic acids is 1. The molecule has 2 atom stereocenters. The van der Waals surface area contributed by atoms with Gasteiger partial charge < -0.3 is 14.7 Å². The van der Waals surface area contributed by atoms with Gasteiger partial charge in [0.25, 0.3) is 5.91 Å². The number of amides is 1. The first-order chi connectivity index (χ1) is 10.1. The Morgan fingerprint density at radius 3 is 2.38 bits per heavy atom. The molecule has 5 heteroatoms. The van der Waals surface area contributed by atoms with Crippen molar-refractivity contribution < 1.29 is 19.4 Å². The highest BCUT2D eigenvalue weighted by atomic mass is 16.5. The van der Waals surface area contributed by atoms with Crippen LogP contribution in [0.4, 0.5) is 0 Å². The maximum Gasteiger partial charge on any atom is 0.308 e. The molecule has 2 fully saturated rings. The van der Waals surface area contributed by atoms with Gasteiger partial charge in [0.2, 0.25) is 0 Å². The average molecular weight is 297 g/mol. The van der Waals surface area contributed by atoms with Gasteiger partial charge in [-0.2, -0.15) is 0 Å². The van der Waals surface area contributed by atoms with Crippen molar-refractivity contribution in [3.63, 3.8) is 0 Å². The van der Waals surface area contributed by atoms with Crippen molar-refractivity contribution in [3.8, 4) is 0 Å². The summed E-state index contributed by atoms with van der Waals surface area (Å²) in [7, 11) is 0. The van der Waals surface area contributed by atoms with E-state index in [1.54, 1.807) is 11.8 Å². The number of rotatable bonds is 4. The Bertz CT molecular complexity index is 363. The summed E-state index contributed by atoms with van der Waals surface area (Å²) in [5, 5.41) is 9.10. The zero-order valence-corrected chi connectivity index (χ0v) is 12.9. The normalized spacial score (nSPS) is 26.1. The number of nitrogens with zero attached hydrogens (tertiary/aromatic N) is 1. The first-order valence-corrected chi connectivity index (χ1v) is 8.25. The minimum Gasteiger partial charge on any atom is -0.481 e. The summed E-state index contributed by atoms with van der Waals surface area (Å²) < 4.78 is 5.94. The molecule has 1 amide bonds. The van der Waals surface area contributed by atoms with Gasteiger partial charge in [0, 0.05) is 13.1 Å². The van der Waals surface area contributed by atoms with Gasteiger partial charge in [0.15, 0.2) is 0 Å². The fraction of sp³-hybridized carbons (Fsp3) is 0.875. The lowest BCUT2D eigenvalue weighted by Crippen LogP contribution is -2.47. The van der Waals surface area contributed by atoms with Crippen LogP contribution >= 0.6 is 0 Å². The van der Waals surface area contributed by atoms with Crippen LogP contribution in [0.25, 0.3) is 0 Å².